The van der Waals surface area contributed by atoms with E-state index in [-0.39, 0.29) is 0 Å². The number of hydrogen-bond acceptors (Lipinski definition) is 0. The normalized spacial score (nSPS) is 15.3. The second kappa shape index (κ2) is 5.18. The van der Waals surface area contributed by atoms with Crippen LogP contribution >= 0.6 is 0 Å². The molecule has 0 rings (SSSR count). The lowest BCUT2D eigenvalue weighted by atomic mass is 9.82. The highest BCUT2D eigenvalue weighted by Gasteiger charge is 2.16. The lowest BCUT2D eigenvalue weighted by molar-refractivity contribution is 0.391. The fourth-order valence-electron chi connectivity index (χ4n) is 1.59. The van der Waals surface area contributed by atoms with Crippen LogP contribution in [0.25, 0.3) is 0 Å². The molecule has 0 saturated carbocycles. The molecule has 0 spiro atoms. The van der Waals surface area contributed by atoms with Crippen molar-refractivity contribution in [2.75, 3.05) is 0 Å². The van der Waals surface area contributed by atoms with Gasteiger partial charge in [-0.2, -0.15) is 0 Å². The van der Waals surface area contributed by atoms with Gasteiger partial charge in [0.2, 0.25) is 0 Å². The first-order valence-corrected chi connectivity index (χ1v) is 4.89. The summed E-state index contributed by atoms with van der Waals surface area (Å²) in [7, 11) is 0. The van der Waals surface area contributed by atoms with Crippen LogP contribution in [0.1, 0.15) is 40.5 Å². The standard InChI is InChI=1S/C12H22/c1-7-10(5)12(8-2)11(6)9(3)4/h10,12H,3,6-8H2,1-2,4-5H3. The van der Waals surface area contributed by atoms with Gasteiger partial charge in [0, 0.05) is 0 Å². The molecule has 2 unspecified atom stereocenters. The second-order valence-corrected chi connectivity index (χ2v) is 3.71. The summed E-state index contributed by atoms with van der Waals surface area (Å²) in [6.07, 6.45) is 2.41. The second-order valence-electron chi connectivity index (χ2n) is 3.71. The van der Waals surface area contributed by atoms with E-state index in [0.29, 0.717) is 5.92 Å². The minimum absolute atomic E-state index is 0.632. The van der Waals surface area contributed by atoms with Gasteiger partial charge < -0.3 is 0 Å². The predicted octanol–water partition coefficient (Wildman–Crippen LogP) is 4.19. The van der Waals surface area contributed by atoms with Gasteiger partial charge in [0.15, 0.2) is 0 Å². The number of allylic oxidation sites excluding steroid dienone is 2. The zero-order chi connectivity index (χ0) is 9.72. The largest absolute Gasteiger partial charge is 0.0958 e. The molecule has 0 N–H and O–H groups in total. The van der Waals surface area contributed by atoms with Gasteiger partial charge in [-0.05, 0) is 30.8 Å². The van der Waals surface area contributed by atoms with Gasteiger partial charge in [-0.15, -0.1) is 0 Å². The van der Waals surface area contributed by atoms with E-state index >= 15 is 0 Å². The van der Waals surface area contributed by atoms with Crippen LogP contribution in [-0.2, 0) is 0 Å². The van der Waals surface area contributed by atoms with Crippen molar-refractivity contribution in [2.45, 2.75) is 40.5 Å². The average Bonchev–Trinajstić information content (AvgIpc) is 2.05. The highest BCUT2D eigenvalue weighted by molar-refractivity contribution is 5.25. The minimum Gasteiger partial charge on any atom is -0.0958 e. The molecule has 12 heavy (non-hydrogen) atoms. The molecule has 0 aliphatic carbocycles. The first-order chi connectivity index (χ1) is 5.54. The molecule has 0 bridgehead atoms. The summed E-state index contributed by atoms with van der Waals surface area (Å²) in [5.41, 5.74) is 2.38. The Morgan fingerprint density at radius 2 is 1.67 bits per heavy atom. The van der Waals surface area contributed by atoms with E-state index in [1.807, 2.05) is 6.92 Å². The van der Waals surface area contributed by atoms with Crippen LogP contribution in [-0.4, -0.2) is 0 Å². The maximum atomic E-state index is 4.09. The first kappa shape index (κ1) is 11.5. The van der Waals surface area contributed by atoms with Crippen LogP contribution in [0.3, 0.4) is 0 Å². The number of rotatable bonds is 5. The molecule has 0 heterocycles. The number of hydrogen-bond donors (Lipinski definition) is 0. The van der Waals surface area contributed by atoms with E-state index in [1.54, 1.807) is 0 Å². The molecule has 0 aliphatic rings. The highest BCUT2D eigenvalue weighted by Crippen LogP contribution is 2.28. The van der Waals surface area contributed by atoms with E-state index in [9.17, 15) is 0 Å². The van der Waals surface area contributed by atoms with Crippen LogP contribution in [0.2, 0.25) is 0 Å². The Kier molecular flexibility index (Phi) is 4.96. The van der Waals surface area contributed by atoms with Gasteiger partial charge in [0.05, 0.1) is 0 Å². The predicted molar refractivity (Wildman–Crippen MR) is 57.2 cm³/mol. The van der Waals surface area contributed by atoms with E-state index in [2.05, 4.69) is 33.9 Å². The molecule has 0 radical (unpaired) electrons. The third kappa shape index (κ3) is 2.84. The minimum atomic E-state index is 0.632. The topological polar surface area (TPSA) is 0 Å². The van der Waals surface area contributed by atoms with E-state index in [4.69, 9.17) is 0 Å². The van der Waals surface area contributed by atoms with Crippen molar-refractivity contribution in [2.24, 2.45) is 11.8 Å². The first-order valence-electron chi connectivity index (χ1n) is 4.89. The summed E-state index contributed by atoms with van der Waals surface area (Å²) in [4.78, 5) is 0. The molecule has 0 nitrogen and oxygen atoms in total. The molecule has 0 aromatic carbocycles. The van der Waals surface area contributed by atoms with Crippen molar-refractivity contribution >= 4 is 0 Å². The maximum absolute atomic E-state index is 4.09. The summed E-state index contributed by atoms with van der Waals surface area (Å²) < 4.78 is 0. The molecule has 70 valence electrons. The van der Waals surface area contributed by atoms with E-state index < -0.39 is 0 Å². The summed E-state index contributed by atoms with van der Waals surface area (Å²) in [6, 6.07) is 0. The zero-order valence-electron chi connectivity index (χ0n) is 8.98. The van der Waals surface area contributed by atoms with Crippen molar-refractivity contribution in [1.29, 1.82) is 0 Å². The molecule has 2 atom stereocenters. The fourth-order valence-corrected chi connectivity index (χ4v) is 1.59. The van der Waals surface area contributed by atoms with Crippen LogP contribution in [0.4, 0.5) is 0 Å². The summed E-state index contributed by atoms with van der Waals surface area (Å²) in [6.45, 7) is 16.8. The Morgan fingerprint density at radius 1 is 1.17 bits per heavy atom. The van der Waals surface area contributed by atoms with E-state index in [0.717, 1.165) is 11.5 Å². The fraction of sp³-hybridized carbons (Fsp3) is 0.667. The lowest BCUT2D eigenvalue weighted by Gasteiger charge is -2.24. The summed E-state index contributed by atoms with van der Waals surface area (Å²) in [5.74, 6) is 1.37. The Labute approximate surface area is 77.4 Å². The van der Waals surface area contributed by atoms with Gasteiger partial charge in [-0.25, -0.2) is 0 Å². The smallest absolute Gasteiger partial charge is 0.0142 e. The van der Waals surface area contributed by atoms with Gasteiger partial charge in [0.1, 0.15) is 0 Å². The van der Waals surface area contributed by atoms with Crippen molar-refractivity contribution in [1.82, 2.24) is 0 Å². The van der Waals surface area contributed by atoms with Crippen LogP contribution in [0.15, 0.2) is 24.3 Å². The summed E-state index contributed by atoms with van der Waals surface area (Å²) >= 11 is 0. The van der Waals surface area contributed by atoms with Crippen molar-refractivity contribution < 1.29 is 0 Å². The van der Waals surface area contributed by atoms with Crippen molar-refractivity contribution in [3.05, 3.63) is 24.3 Å². The Morgan fingerprint density at radius 3 is 1.92 bits per heavy atom. The molecular weight excluding hydrogens is 144 g/mol. The van der Waals surface area contributed by atoms with Crippen LogP contribution < -0.4 is 0 Å². The van der Waals surface area contributed by atoms with Gasteiger partial charge in [-0.1, -0.05) is 45.9 Å². The molecule has 0 aromatic rings. The van der Waals surface area contributed by atoms with Gasteiger partial charge >= 0.3 is 0 Å². The average molecular weight is 166 g/mol. The summed E-state index contributed by atoms with van der Waals surface area (Å²) in [5, 5.41) is 0. The third-order valence-electron chi connectivity index (χ3n) is 2.77. The maximum Gasteiger partial charge on any atom is -0.0142 e. The third-order valence-corrected chi connectivity index (χ3v) is 2.77. The van der Waals surface area contributed by atoms with Gasteiger partial charge in [0.25, 0.3) is 0 Å². The van der Waals surface area contributed by atoms with Crippen LogP contribution in [0.5, 0.6) is 0 Å². The van der Waals surface area contributed by atoms with Crippen molar-refractivity contribution in [3.63, 3.8) is 0 Å². The van der Waals surface area contributed by atoms with Gasteiger partial charge in [-0.3, -0.25) is 0 Å². The Bertz CT molecular complexity index is 165. The zero-order valence-corrected chi connectivity index (χ0v) is 8.98. The van der Waals surface area contributed by atoms with Crippen molar-refractivity contribution in [3.8, 4) is 0 Å². The monoisotopic (exact) mass is 166 g/mol. The van der Waals surface area contributed by atoms with Crippen LogP contribution in [0, 0.1) is 11.8 Å². The quantitative estimate of drug-likeness (QED) is 0.537. The molecule has 0 aliphatic heterocycles. The molecule has 0 fully saturated rings. The molecule has 0 heteroatoms. The SMILES string of the molecule is C=C(C)C(=C)C(CC)C(C)CC. The molecule has 0 aromatic heterocycles. The molecular formula is C12H22. The highest BCUT2D eigenvalue weighted by atomic mass is 14.2. The molecule has 0 amide bonds. The van der Waals surface area contributed by atoms with E-state index in [1.165, 1.54) is 18.4 Å². The Balaban J connectivity index is 4.34. The lowest BCUT2D eigenvalue weighted by Crippen LogP contribution is -2.12. The molecule has 0 saturated heterocycles. The Hall–Kier alpha value is -0.520.